The molecule has 2 aromatic rings. The van der Waals surface area contributed by atoms with E-state index in [1.54, 1.807) is 12.1 Å². The van der Waals surface area contributed by atoms with E-state index in [1.807, 2.05) is 38.1 Å². The topological polar surface area (TPSA) is 17.1 Å². The highest BCUT2D eigenvalue weighted by Crippen LogP contribution is 2.21. The molecule has 19 heavy (non-hydrogen) atoms. The van der Waals surface area contributed by atoms with Gasteiger partial charge in [0, 0.05) is 20.6 Å². The van der Waals surface area contributed by atoms with E-state index in [1.165, 1.54) is 0 Å². The monoisotopic (exact) mass is 384 g/mol. The SMILES string of the molecule is Cc1cccc(C)c1CC(=O)c1cc(Cl)ccc1I. The smallest absolute Gasteiger partial charge is 0.168 e. The van der Waals surface area contributed by atoms with Crippen LogP contribution in [-0.4, -0.2) is 5.78 Å². The Bertz CT molecular complexity index is 614. The van der Waals surface area contributed by atoms with Gasteiger partial charge in [-0.1, -0.05) is 29.8 Å². The second-order valence-electron chi connectivity index (χ2n) is 4.59. The van der Waals surface area contributed by atoms with Gasteiger partial charge in [0.25, 0.3) is 0 Å². The van der Waals surface area contributed by atoms with Crippen molar-refractivity contribution in [3.63, 3.8) is 0 Å². The molecule has 0 fully saturated rings. The number of hydrogen-bond donors (Lipinski definition) is 0. The number of ketones is 1. The number of hydrogen-bond acceptors (Lipinski definition) is 1. The van der Waals surface area contributed by atoms with Crippen LogP contribution >= 0.6 is 34.2 Å². The summed E-state index contributed by atoms with van der Waals surface area (Å²) >= 11 is 8.14. The zero-order chi connectivity index (χ0) is 14.0. The van der Waals surface area contributed by atoms with E-state index in [0.29, 0.717) is 17.0 Å². The molecule has 3 heteroatoms. The van der Waals surface area contributed by atoms with E-state index >= 15 is 0 Å². The Kier molecular flexibility index (Phi) is 4.63. The van der Waals surface area contributed by atoms with Crippen molar-refractivity contribution in [1.29, 1.82) is 0 Å². The Morgan fingerprint density at radius 2 is 1.79 bits per heavy atom. The molecule has 0 bridgehead atoms. The lowest BCUT2D eigenvalue weighted by Gasteiger charge is -2.10. The average Bonchev–Trinajstić information content (AvgIpc) is 2.37. The Morgan fingerprint density at radius 1 is 1.16 bits per heavy atom. The second kappa shape index (κ2) is 6.06. The first kappa shape index (κ1) is 14.5. The van der Waals surface area contributed by atoms with Gasteiger partial charge < -0.3 is 0 Å². The minimum atomic E-state index is 0.115. The van der Waals surface area contributed by atoms with E-state index in [-0.39, 0.29) is 5.78 Å². The fourth-order valence-corrected chi connectivity index (χ4v) is 2.90. The molecule has 1 nitrogen and oxygen atoms in total. The van der Waals surface area contributed by atoms with Gasteiger partial charge in [-0.15, -0.1) is 0 Å². The lowest BCUT2D eigenvalue weighted by molar-refractivity contribution is 0.0991. The normalized spacial score (nSPS) is 10.5. The van der Waals surface area contributed by atoms with Gasteiger partial charge in [-0.25, -0.2) is 0 Å². The van der Waals surface area contributed by atoms with Gasteiger partial charge in [0.05, 0.1) is 0 Å². The molecule has 98 valence electrons. The van der Waals surface area contributed by atoms with Gasteiger partial charge in [-0.2, -0.15) is 0 Å². The second-order valence-corrected chi connectivity index (χ2v) is 6.19. The lowest BCUT2D eigenvalue weighted by Crippen LogP contribution is -2.08. The molecule has 0 aromatic heterocycles. The minimum Gasteiger partial charge on any atom is -0.294 e. The van der Waals surface area contributed by atoms with Crippen LogP contribution in [0.1, 0.15) is 27.0 Å². The van der Waals surface area contributed by atoms with Gasteiger partial charge in [0.1, 0.15) is 0 Å². The Balaban J connectivity index is 2.34. The number of benzene rings is 2. The minimum absolute atomic E-state index is 0.115. The molecule has 0 unspecified atom stereocenters. The summed E-state index contributed by atoms with van der Waals surface area (Å²) in [5.41, 5.74) is 4.13. The molecule has 0 N–H and O–H groups in total. The Hall–Kier alpha value is -0.870. The largest absolute Gasteiger partial charge is 0.294 e. The number of rotatable bonds is 3. The first-order chi connectivity index (χ1) is 8.99. The van der Waals surface area contributed by atoms with Crippen LogP contribution in [-0.2, 0) is 6.42 Å². The summed E-state index contributed by atoms with van der Waals surface area (Å²) in [7, 11) is 0. The molecule has 0 aliphatic rings. The van der Waals surface area contributed by atoms with Crippen molar-refractivity contribution in [2.24, 2.45) is 0 Å². The number of aryl methyl sites for hydroxylation is 2. The molecule has 0 aliphatic heterocycles. The predicted octanol–water partition coefficient (Wildman–Crippen LogP) is 4.99. The van der Waals surface area contributed by atoms with Crippen LogP contribution in [0.5, 0.6) is 0 Å². The third-order valence-electron chi connectivity index (χ3n) is 3.21. The number of carbonyl (C=O) groups excluding carboxylic acids is 1. The summed E-state index contributed by atoms with van der Waals surface area (Å²) in [6.07, 6.45) is 0.425. The van der Waals surface area contributed by atoms with Crippen LogP contribution in [0.2, 0.25) is 5.02 Å². The van der Waals surface area contributed by atoms with E-state index in [9.17, 15) is 4.79 Å². The molecule has 2 aromatic carbocycles. The third-order valence-corrected chi connectivity index (χ3v) is 4.39. The van der Waals surface area contributed by atoms with Gasteiger partial charge in [-0.3, -0.25) is 4.79 Å². The van der Waals surface area contributed by atoms with Crippen LogP contribution in [0.15, 0.2) is 36.4 Å². The highest BCUT2D eigenvalue weighted by atomic mass is 127. The van der Waals surface area contributed by atoms with Gasteiger partial charge in [0.15, 0.2) is 5.78 Å². The lowest BCUT2D eigenvalue weighted by atomic mass is 9.96. The first-order valence-electron chi connectivity index (χ1n) is 6.02. The molecule has 0 amide bonds. The molecule has 0 spiro atoms. The molecular weight excluding hydrogens is 371 g/mol. The van der Waals surface area contributed by atoms with Crippen LogP contribution in [0, 0.1) is 17.4 Å². The summed E-state index contributed by atoms with van der Waals surface area (Å²) in [4.78, 5) is 12.4. The van der Waals surface area contributed by atoms with Crippen molar-refractivity contribution < 1.29 is 4.79 Å². The van der Waals surface area contributed by atoms with Crippen molar-refractivity contribution in [3.8, 4) is 0 Å². The maximum absolute atomic E-state index is 12.4. The summed E-state index contributed by atoms with van der Waals surface area (Å²) in [6, 6.07) is 11.5. The van der Waals surface area contributed by atoms with Crippen molar-refractivity contribution in [1.82, 2.24) is 0 Å². The van der Waals surface area contributed by atoms with Crippen LogP contribution in [0.25, 0.3) is 0 Å². The zero-order valence-electron chi connectivity index (χ0n) is 10.8. The van der Waals surface area contributed by atoms with E-state index in [0.717, 1.165) is 20.3 Å². The number of halogens is 2. The van der Waals surface area contributed by atoms with Crippen LogP contribution in [0.3, 0.4) is 0 Å². The molecule has 0 atom stereocenters. The number of carbonyl (C=O) groups is 1. The first-order valence-corrected chi connectivity index (χ1v) is 7.48. The summed E-state index contributed by atoms with van der Waals surface area (Å²) in [6.45, 7) is 4.08. The van der Waals surface area contributed by atoms with Crippen molar-refractivity contribution in [2.45, 2.75) is 20.3 Å². The summed E-state index contributed by atoms with van der Waals surface area (Å²) in [5.74, 6) is 0.115. The fraction of sp³-hybridized carbons (Fsp3) is 0.188. The standard InChI is InChI=1S/C16H14ClIO/c1-10-4-3-5-11(2)13(10)9-16(19)14-8-12(17)6-7-15(14)18/h3-8H,9H2,1-2H3. The van der Waals surface area contributed by atoms with Crippen molar-refractivity contribution in [2.75, 3.05) is 0 Å². The van der Waals surface area contributed by atoms with E-state index in [2.05, 4.69) is 22.6 Å². The average molecular weight is 385 g/mol. The fourth-order valence-electron chi connectivity index (χ4n) is 2.09. The van der Waals surface area contributed by atoms with Gasteiger partial charge in [0.2, 0.25) is 0 Å². The zero-order valence-corrected chi connectivity index (χ0v) is 13.7. The van der Waals surface area contributed by atoms with Gasteiger partial charge >= 0.3 is 0 Å². The molecule has 0 heterocycles. The molecular formula is C16H14ClIO. The van der Waals surface area contributed by atoms with Crippen LogP contribution < -0.4 is 0 Å². The summed E-state index contributed by atoms with van der Waals surface area (Å²) < 4.78 is 0.943. The third kappa shape index (κ3) is 3.37. The maximum Gasteiger partial charge on any atom is 0.168 e. The Labute approximate surface area is 132 Å². The van der Waals surface area contributed by atoms with Gasteiger partial charge in [-0.05, 0) is 71.3 Å². The highest BCUT2D eigenvalue weighted by Gasteiger charge is 2.13. The molecule has 0 aliphatic carbocycles. The van der Waals surface area contributed by atoms with Crippen molar-refractivity contribution in [3.05, 3.63) is 67.2 Å². The quantitative estimate of drug-likeness (QED) is 0.538. The predicted molar refractivity (Wildman–Crippen MR) is 88.1 cm³/mol. The molecule has 0 radical (unpaired) electrons. The molecule has 2 rings (SSSR count). The molecule has 0 saturated carbocycles. The van der Waals surface area contributed by atoms with E-state index in [4.69, 9.17) is 11.6 Å². The maximum atomic E-state index is 12.4. The highest BCUT2D eigenvalue weighted by molar-refractivity contribution is 14.1. The molecule has 0 saturated heterocycles. The summed E-state index contributed by atoms with van der Waals surface area (Å²) in [5, 5.41) is 0.602. The van der Waals surface area contributed by atoms with Crippen LogP contribution in [0.4, 0.5) is 0 Å². The van der Waals surface area contributed by atoms with Crippen molar-refractivity contribution >= 4 is 40.0 Å². The Morgan fingerprint density at radius 3 is 2.42 bits per heavy atom. The van der Waals surface area contributed by atoms with E-state index < -0.39 is 0 Å². The number of Topliss-reactive ketones (excluding diaryl/α,β-unsaturated/α-hetero) is 1.